The SMILES string of the molecule is COC(CCC(=O)c1ccccc1)=NNC(N)=S. The molecule has 0 aliphatic heterocycles. The highest BCUT2D eigenvalue weighted by molar-refractivity contribution is 7.80. The Morgan fingerprint density at radius 1 is 1.39 bits per heavy atom. The lowest BCUT2D eigenvalue weighted by molar-refractivity contribution is 0.0983. The Hall–Kier alpha value is -1.95. The molecule has 0 saturated heterocycles. The molecule has 0 saturated carbocycles. The summed E-state index contributed by atoms with van der Waals surface area (Å²) >= 11 is 4.61. The van der Waals surface area contributed by atoms with Crippen LogP contribution in [0.25, 0.3) is 0 Å². The van der Waals surface area contributed by atoms with E-state index in [-0.39, 0.29) is 10.9 Å². The Balaban J connectivity index is 2.51. The summed E-state index contributed by atoms with van der Waals surface area (Å²) in [5.74, 6) is 0.419. The quantitative estimate of drug-likeness (QED) is 0.277. The van der Waals surface area contributed by atoms with E-state index < -0.39 is 0 Å². The van der Waals surface area contributed by atoms with Gasteiger partial charge in [-0.1, -0.05) is 30.3 Å². The molecule has 0 spiro atoms. The van der Waals surface area contributed by atoms with E-state index in [9.17, 15) is 4.79 Å². The van der Waals surface area contributed by atoms with Crippen molar-refractivity contribution in [1.82, 2.24) is 5.43 Å². The zero-order valence-corrected chi connectivity index (χ0v) is 10.9. The average Bonchev–Trinajstić information content (AvgIpc) is 2.39. The molecule has 1 aromatic carbocycles. The first-order valence-corrected chi connectivity index (χ1v) is 5.78. The number of nitrogens with one attached hydrogen (secondary N) is 1. The molecule has 1 aromatic rings. The lowest BCUT2D eigenvalue weighted by Crippen LogP contribution is -2.26. The number of thiocarbonyl (C=S) groups is 1. The van der Waals surface area contributed by atoms with Gasteiger partial charge in [0.2, 0.25) is 5.90 Å². The van der Waals surface area contributed by atoms with E-state index in [0.717, 1.165) is 0 Å². The van der Waals surface area contributed by atoms with Gasteiger partial charge < -0.3 is 10.5 Å². The van der Waals surface area contributed by atoms with Crippen LogP contribution in [0.4, 0.5) is 0 Å². The first kappa shape index (κ1) is 14.1. The Labute approximate surface area is 111 Å². The number of hydrogen-bond donors (Lipinski definition) is 2. The molecule has 96 valence electrons. The second kappa shape index (κ2) is 7.39. The number of hydrogen-bond acceptors (Lipinski definition) is 4. The number of methoxy groups -OCH3 is 1. The number of nitrogens with zero attached hydrogens (tertiary/aromatic N) is 1. The molecule has 0 unspecified atom stereocenters. The third-order valence-electron chi connectivity index (χ3n) is 2.19. The first-order valence-electron chi connectivity index (χ1n) is 5.37. The minimum absolute atomic E-state index is 0.0377. The van der Waals surface area contributed by atoms with E-state index in [1.54, 1.807) is 12.1 Å². The molecule has 0 amide bonds. The summed E-state index contributed by atoms with van der Waals surface area (Å²) in [5, 5.41) is 3.89. The minimum atomic E-state index is 0.0377. The van der Waals surface area contributed by atoms with Gasteiger partial charge in [-0.3, -0.25) is 10.2 Å². The highest BCUT2D eigenvalue weighted by Gasteiger charge is 2.08. The third kappa shape index (κ3) is 4.92. The second-order valence-corrected chi connectivity index (χ2v) is 3.91. The van der Waals surface area contributed by atoms with Crippen LogP contribution in [0.2, 0.25) is 0 Å². The Bertz CT molecular complexity index is 446. The highest BCUT2D eigenvalue weighted by Crippen LogP contribution is 2.05. The van der Waals surface area contributed by atoms with E-state index in [1.165, 1.54) is 7.11 Å². The van der Waals surface area contributed by atoms with Crippen LogP contribution in [-0.4, -0.2) is 23.9 Å². The maximum absolute atomic E-state index is 11.8. The van der Waals surface area contributed by atoms with Gasteiger partial charge in [0.05, 0.1) is 7.11 Å². The van der Waals surface area contributed by atoms with Crippen LogP contribution in [0, 0.1) is 0 Å². The predicted molar refractivity (Wildman–Crippen MR) is 74.4 cm³/mol. The van der Waals surface area contributed by atoms with Crippen LogP contribution in [0.15, 0.2) is 35.4 Å². The van der Waals surface area contributed by atoms with Crippen molar-refractivity contribution in [2.45, 2.75) is 12.8 Å². The highest BCUT2D eigenvalue weighted by atomic mass is 32.1. The summed E-state index contributed by atoms with van der Waals surface area (Å²) in [7, 11) is 1.48. The van der Waals surface area contributed by atoms with E-state index in [2.05, 4.69) is 22.7 Å². The maximum Gasteiger partial charge on any atom is 0.206 e. The molecule has 0 radical (unpaired) electrons. The van der Waals surface area contributed by atoms with Gasteiger partial charge in [-0.15, -0.1) is 5.10 Å². The second-order valence-electron chi connectivity index (χ2n) is 3.47. The molecule has 6 heteroatoms. The summed E-state index contributed by atoms with van der Waals surface area (Å²) < 4.78 is 5.01. The molecule has 18 heavy (non-hydrogen) atoms. The fourth-order valence-electron chi connectivity index (χ4n) is 1.31. The molecule has 0 heterocycles. The van der Waals surface area contributed by atoms with Gasteiger partial charge in [0.15, 0.2) is 10.9 Å². The average molecular weight is 265 g/mol. The summed E-state index contributed by atoms with van der Waals surface area (Å²) in [6, 6.07) is 9.07. The zero-order valence-electron chi connectivity index (χ0n) is 10.1. The molecule has 0 aliphatic rings. The van der Waals surface area contributed by atoms with Crippen LogP contribution in [-0.2, 0) is 4.74 Å². The summed E-state index contributed by atoms with van der Waals surface area (Å²) in [6.07, 6.45) is 0.704. The largest absolute Gasteiger partial charge is 0.483 e. The smallest absolute Gasteiger partial charge is 0.206 e. The Morgan fingerprint density at radius 3 is 2.61 bits per heavy atom. The van der Waals surface area contributed by atoms with Crippen LogP contribution in [0.3, 0.4) is 0 Å². The molecular weight excluding hydrogens is 250 g/mol. The fraction of sp³-hybridized carbons (Fsp3) is 0.250. The third-order valence-corrected chi connectivity index (χ3v) is 2.28. The Kier molecular flexibility index (Phi) is 5.79. The molecule has 1 rings (SSSR count). The van der Waals surface area contributed by atoms with Crippen LogP contribution < -0.4 is 11.2 Å². The van der Waals surface area contributed by atoms with Crippen molar-refractivity contribution >= 4 is 29.0 Å². The van der Waals surface area contributed by atoms with Crippen molar-refractivity contribution in [3.05, 3.63) is 35.9 Å². The number of carbonyl (C=O) groups excluding carboxylic acids is 1. The molecule has 3 N–H and O–H groups in total. The zero-order chi connectivity index (χ0) is 13.4. The van der Waals surface area contributed by atoms with Crippen molar-refractivity contribution in [2.75, 3.05) is 7.11 Å². The standard InChI is InChI=1S/C12H15N3O2S/c1-17-11(14-15-12(13)18)8-7-10(16)9-5-3-2-4-6-9/h2-6H,7-8H2,1H3,(H3,13,15,18). The van der Waals surface area contributed by atoms with Gasteiger partial charge in [-0.05, 0) is 12.2 Å². The molecule has 0 aliphatic carbocycles. The van der Waals surface area contributed by atoms with Crippen molar-refractivity contribution in [2.24, 2.45) is 10.8 Å². The van der Waals surface area contributed by atoms with Gasteiger partial charge in [0, 0.05) is 18.4 Å². The number of Topliss-reactive ketones (excluding diaryl/α,β-unsaturated/α-hetero) is 1. The minimum Gasteiger partial charge on any atom is -0.483 e. The van der Waals surface area contributed by atoms with Crippen LogP contribution >= 0.6 is 12.2 Å². The molecule has 0 bridgehead atoms. The number of benzene rings is 1. The lowest BCUT2D eigenvalue weighted by atomic mass is 10.1. The van der Waals surface area contributed by atoms with E-state index in [1.807, 2.05) is 18.2 Å². The topological polar surface area (TPSA) is 76.7 Å². The predicted octanol–water partition coefficient (Wildman–Crippen LogP) is 1.44. The maximum atomic E-state index is 11.8. The monoisotopic (exact) mass is 265 g/mol. The van der Waals surface area contributed by atoms with Crippen LogP contribution in [0.5, 0.6) is 0 Å². The van der Waals surface area contributed by atoms with Crippen molar-refractivity contribution in [1.29, 1.82) is 0 Å². The van der Waals surface area contributed by atoms with E-state index in [4.69, 9.17) is 10.5 Å². The number of rotatable bonds is 5. The first-order chi connectivity index (χ1) is 8.63. The van der Waals surface area contributed by atoms with Gasteiger partial charge in [0.1, 0.15) is 0 Å². The normalized spacial score (nSPS) is 10.8. The molecule has 0 aromatic heterocycles. The fourth-order valence-corrected chi connectivity index (χ4v) is 1.36. The van der Waals surface area contributed by atoms with E-state index in [0.29, 0.717) is 24.3 Å². The number of ketones is 1. The van der Waals surface area contributed by atoms with Gasteiger partial charge in [-0.25, -0.2) is 0 Å². The van der Waals surface area contributed by atoms with E-state index >= 15 is 0 Å². The van der Waals surface area contributed by atoms with Gasteiger partial charge >= 0.3 is 0 Å². The molecule has 0 fully saturated rings. The number of hydrazone groups is 1. The van der Waals surface area contributed by atoms with Crippen molar-refractivity contribution < 1.29 is 9.53 Å². The van der Waals surface area contributed by atoms with Gasteiger partial charge in [-0.2, -0.15) is 0 Å². The molecule has 0 atom stereocenters. The summed E-state index contributed by atoms with van der Waals surface area (Å²) in [6.45, 7) is 0. The molecule has 5 nitrogen and oxygen atoms in total. The molecular formula is C12H15N3O2S. The number of nitrogens with two attached hydrogens (primary N) is 1. The summed E-state index contributed by atoms with van der Waals surface area (Å²) in [5.41, 5.74) is 8.33. The van der Waals surface area contributed by atoms with Crippen LogP contribution in [0.1, 0.15) is 23.2 Å². The lowest BCUT2D eigenvalue weighted by Gasteiger charge is -2.05. The van der Waals surface area contributed by atoms with Gasteiger partial charge in [0.25, 0.3) is 0 Å². The van der Waals surface area contributed by atoms with Crippen molar-refractivity contribution in [3.63, 3.8) is 0 Å². The summed E-state index contributed by atoms with van der Waals surface area (Å²) in [4.78, 5) is 11.8. The van der Waals surface area contributed by atoms with Crippen molar-refractivity contribution in [3.8, 4) is 0 Å². The number of carbonyl (C=O) groups is 1. The Morgan fingerprint density at radius 2 is 2.06 bits per heavy atom. The number of ether oxygens (including phenoxy) is 1.